The Kier molecular flexibility index (Phi) is 4.75. The number of amides is 1. The number of hydrogen-bond donors (Lipinski definition) is 2. The Bertz CT molecular complexity index is 363. The summed E-state index contributed by atoms with van der Waals surface area (Å²) in [5, 5.41) is 2.98. The number of rotatable bonds is 4. The van der Waals surface area contributed by atoms with Crippen molar-refractivity contribution >= 4 is 5.91 Å². The van der Waals surface area contributed by atoms with E-state index in [1.807, 2.05) is 10.8 Å². The fraction of sp³-hybridized carbons (Fsp3) is 0.692. The molecule has 1 aromatic rings. The van der Waals surface area contributed by atoms with Crippen molar-refractivity contribution in [1.82, 2.24) is 14.9 Å². The SMILES string of the molecule is NC1CCCCCC1C(=O)NCCn1ccnc1. The largest absolute Gasteiger partial charge is 0.354 e. The minimum absolute atomic E-state index is 0.00436. The maximum atomic E-state index is 12.1. The monoisotopic (exact) mass is 250 g/mol. The van der Waals surface area contributed by atoms with E-state index in [0.717, 1.165) is 32.2 Å². The highest BCUT2D eigenvalue weighted by atomic mass is 16.1. The molecule has 0 aromatic carbocycles. The summed E-state index contributed by atoms with van der Waals surface area (Å²) in [4.78, 5) is 16.0. The third-order valence-corrected chi connectivity index (χ3v) is 3.63. The van der Waals surface area contributed by atoms with Gasteiger partial charge < -0.3 is 15.6 Å². The smallest absolute Gasteiger partial charge is 0.224 e. The molecule has 1 saturated carbocycles. The van der Waals surface area contributed by atoms with Crippen LogP contribution in [0, 0.1) is 5.92 Å². The van der Waals surface area contributed by atoms with E-state index in [9.17, 15) is 4.79 Å². The number of nitrogens with two attached hydrogens (primary N) is 1. The van der Waals surface area contributed by atoms with Gasteiger partial charge in [-0.3, -0.25) is 4.79 Å². The highest BCUT2D eigenvalue weighted by Crippen LogP contribution is 2.22. The summed E-state index contributed by atoms with van der Waals surface area (Å²) in [6.45, 7) is 1.39. The second-order valence-corrected chi connectivity index (χ2v) is 5.00. The van der Waals surface area contributed by atoms with Gasteiger partial charge in [-0.05, 0) is 12.8 Å². The molecule has 0 bridgehead atoms. The molecule has 3 N–H and O–H groups in total. The number of hydrogen-bond acceptors (Lipinski definition) is 3. The van der Waals surface area contributed by atoms with Gasteiger partial charge in [-0.25, -0.2) is 4.98 Å². The van der Waals surface area contributed by atoms with Crippen LogP contribution in [-0.2, 0) is 11.3 Å². The Labute approximate surface area is 108 Å². The Balaban J connectivity index is 1.76. The molecular weight excluding hydrogens is 228 g/mol. The summed E-state index contributed by atoms with van der Waals surface area (Å²) < 4.78 is 1.95. The van der Waals surface area contributed by atoms with E-state index < -0.39 is 0 Å². The van der Waals surface area contributed by atoms with Crippen molar-refractivity contribution in [2.45, 2.75) is 44.7 Å². The van der Waals surface area contributed by atoms with Crippen LogP contribution in [0.2, 0.25) is 0 Å². The quantitative estimate of drug-likeness (QED) is 0.780. The van der Waals surface area contributed by atoms with Gasteiger partial charge in [-0.2, -0.15) is 0 Å². The Morgan fingerprint density at radius 3 is 3.00 bits per heavy atom. The molecule has 0 saturated heterocycles. The summed E-state index contributed by atoms with van der Waals surface area (Å²) in [5.41, 5.74) is 6.07. The predicted molar refractivity (Wildman–Crippen MR) is 69.8 cm³/mol. The van der Waals surface area contributed by atoms with Gasteiger partial charge in [0.05, 0.1) is 12.2 Å². The number of carbonyl (C=O) groups is 1. The second kappa shape index (κ2) is 6.54. The molecule has 1 aliphatic rings. The number of aromatic nitrogens is 2. The normalized spacial score (nSPS) is 24.5. The standard InChI is InChI=1S/C13H22N4O/c14-12-5-3-1-2-4-11(12)13(18)16-7-9-17-8-6-15-10-17/h6,8,10-12H,1-5,7,9,14H2,(H,16,18). The first kappa shape index (κ1) is 13.1. The van der Waals surface area contributed by atoms with Crippen LogP contribution in [0.15, 0.2) is 18.7 Å². The zero-order chi connectivity index (χ0) is 12.8. The number of nitrogens with zero attached hydrogens (tertiary/aromatic N) is 2. The topological polar surface area (TPSA) is 72.9 Å². The summed E-state index contributed by atoms with van der Waals surface area (Å²) in [6, 6.07) is 0.0285. The highest BCUT2D eigenvalue weighted by Gasteiger charge is 2.26. The molecule has 1 fully saturated rings. The molecule has 5 heteroatoms. The van der Waals surface area contributed by atoms with Gasteiger partial charge in [0.25, 0.3) is 0 Å². The first-order valence-electron chi connectivity index (χ1n) is 6.76. The lowest BCUT2D eigenvalue weighted by Crippen LogP contribution is -2.42. The second-order valence-electron chi connectivity index (χ2n) is 5.00. The van der Waals surface area contributed by atoms with Gasteiger partial charge in [0.2, 0.25) is 5.91 Å². The lowest BCUT2D eigenvalue weighted by Gasteiger charge is -2.20. The number of carbonyl (C=O) groups excluding carboxylic acids is 1. The van der Waals surface area contributed by atoms with Crippen molar-refractivity contribution < 1.29 is 4.79 Å². The molecule has 18 heavy (non-hydrogen) atoms. The van der Waals surface area contributed by atoms with Gasteiger partial charge in [0, 0.05) is 31.5 Å². The van der Waals surface area contributed by atoms with E-state index in [4.69, 9.17) is 5.73 Å². The number of nitrogens with one attached hydrogen (secondary N) is 1. The summed E-state index contributed by atoms with van der Waals surface area (Å²) >= 11 is 0. The van der Waals surface area contributed by atoms with E-state index in [0.29, 0.717) is 6.54 Å². The summed E-state index contributed by atoms with van der Waals surface area (Å²) in [7, 11) is 0. The fourth-order valence-electron chi connectivity index (χ4n) is 2.52. The van der Waals surface area contributed by atoms with Crippen molar-refractivity contribution in [3.63, 3.8) is 0 Å². The molecule has 2 rings (SSSR count). The third-order valence-electron chi connectivity index (χ3n) is 3.63. The fourth-order valence-corrected chi connectivity index (χ4v) is 2.52. The molecule has 0 radical (unpaired) electrons. The first-order chi connectivity index (χ1) is 8.77. The lowest BCUT2D eigenvalue weighted by atomic mass is 9.94. The molecule has 5 nitrogen and oxygen atoms in total. The predicted octanol–water partition coefficient (Wildman–Crippen LogP) is 0.907. The van der Waals surface area contributed by atoms with Crippen molar-refractivity contribution in [1.29, 1.82) is 0 Å². The van der Waals surface area contributed by atoms with E-state index in [2.05, 4.69) is 10.3 Å². The zero-order valence-corrected chi connectivity index (χ0v) is 10.7. The van der Waals surface area contributed by atoms with Crippen LogP contribution < -0.4 is 11.1 Å². The Morgan fingerprint density at radius 1 is 1.39 bits per heavy atom. The van der Waals surface area contributed by atoms with E-state index in [1.54, 1.807) is 12.5 Å². The molecular formula is C13H22N4O. The molecule has 2 unspecified atom stereocenters. The molecule has 0 aliphatic heterocycles. The van der Waals surface area contributed by atoms with E-state index in [1.165, 1.54) is 6.42 Å². The molecule has 1 amide bonds. The molecule has 1 aromatic heterocycles. The highest BCUT2D eigenvalue weighted by molar-refractivity contribution is 5.79. The number of imidazole rings is 1. The van der Waals surface area contributed by atoms with Crippen LogP contribution in [0.3, 0.4) is 0 Å². The Morgan fingerprint density at radius 2 is 2.22 bits per heavy atom. The van der Waals surface area contributed by atoms with Crippen LogP contribution in [0.5, 0.6) is 0 Å². The van der Waals surface area contributed by atoms with Crippen LogP contribution in [-0.4, -0.2) is 28.0 Å². The van der Waals surface area contributed by atoms with Crippen LogP contribution in [0.1, 0.15) is 32.1 Å². The van der Waals surface area contributed by atoms with Crippen molar-refractivity contribution in [2.24, 2.45) is 11.7 Å². The lowest BCUT2D eigenvalue weighted by molar-refractivity contribution is -0.125. The van der Waals surface area contributed by atoms with Crippen molar-refractivity contribution in [3.05, 3.63) is 18.7 Å². The molecule has 1 heterocycles. The van der Waals surface area contributed by atoms with Gasteiger partial charge in [-0.15, -0.1) is 0 Å². The molecule has 2 atom stereocenters. The van der Waals surface area contributed by atoms with Crippen molar-refractivity contribution in [3.8, 4) is 0 Å². The molecule has 1 aliphatic carbocycles. The average Bonchev–Trinajstić information content (AvgIpc) is 2.77. The zero-order valence-electron chi connectivity index (χ0n) is 10.7. The van der Waals surface area contributed by atoms with Gasteiger partial charge in [0.1, 0.15) is 0 Å². The first-order valence-corrected chi connectivity index (χ1v) is 6.76. The van der Waals surface area contributed by atoms with Gasteiger partial charge in [-0.1, -0.05) is 19.3 Å². The van der Waals surface area contributed by atoms with Crippen LogP contribution in [0.25, 0.3) is 0 Å². The van der Waals surface area contributed by atoms with E-state index >= 15 is 0 Å². The molecule has 100 valence electrons. The third kappa shape index (κ3) is 3.57. The summed E-state index contributed by atoms with van der Waals surface area (Å²) in [6.07, 6.45) is 10.8. The average molecular weight is 250 g/mol. The minimum atomic E-state index is -0.00436. The van der Waals surface area contributed by atoms with Crippen LogP contribution >= 0.6 is 0 Å². The van der Waals surface area contributed by atoms with Crippen LogP contribution in [0.4, 0.5) is 0 Å². The maximum absolute atomic E-state index is 12.1. The minimum Gasteiger partial charge on any atom is -0.354 e. The van der Waals surface area contributed by atoms with Gasteiger partial charge in [0.15, 0.2) is 0 Å². The summed E-state index contributed by atoms with van der Waals surface area (Å²) in [5.74, 6) is 0.111. The molecule has 0 spiro atoms. The van der Waals surface area contributed by atoms with Crippen molar-refractivity contribution in [2.75, 3.05) is 6.54 Å². The Hall–Kier alpha value is -1.36. The maximum Gasteiger partial charge on any atom is 0.224 e. The van der Waals surface area contributed by atoms with Gasteiger partial charge >= 0.3 is 0 Å². The van der Waals surface area contributed by atoms with E-state index in [-0.39, 0.29) is 17.9 Å².